The predicted molar refractivity (Wildman–Crippen MR) is 43.8 cm³/mol. The average Bonchev–Trinajstić information content (AvgIpc) is 1.88. The predicted octanol–water partition coefficient (Wildman–Crippen LogP) is 3.42. The van der Waals surface area contributed by atoms with Crippen molar-refractivity contribution in [3.05, 3.63) is 0 Å². The summed E-state index contributed by atoms with van der Waals surface area (Å²) >= 11 is 0. The Morgan fingerprint density at radius 2 is 1.60 bits per heavy atom. The minimum atomic E-state index is -0.593. The SMILES string of the molecule is CCC(F)C(CC)C(C)C. The molecule has 0 heterocycles. The summed E-state index contributed by atoms with van der Waals surface area (Å²) in [7, 11) is 0. The maximum Gasteiger partial charge on any atom is 0.103 e. The van der Waals surface area contributed by atoms with Gasteiger partial charge in [0.05, 0.1) is 0 Å². The van der Waals surface area contributed by atoms with E-state index in [-0.39, 0.29) is 5.92 Å². The molecule has 2 atom stereocenters. The summed E-state index contributed by atoms with van der Waals surface area (Å²) in [5.74, 6) is 0.755. The Labute approximate surface area is 63.8 Å². The molecule has 62 valence electrons. The lowest BCUT2D eigenvalue weighted by atomic mass is 9.88. The fourth-order valence-electron chi connectivity index (χ4n) is 1.45. The van der Waals surface area contributed by atoms with E-state index < -0.39 is 6.17 Å². The fraction of sp³-hybridized carbons (Fsp3) is 1.00. The van der Waals surface area contributed by atoms with Gasteiger partial charge in [0, 0.05) is 0 Å². The Bertz CT molecular complexity index is 78.8. The van der Waals surface area contributed by atoms with Crippen LogP contribution < -0.4 is 0 Å². The second-order valence-electron chi connectivity index (χ2n) is 3.24. The average molecular weight is 146 g/mol. The summed E-state index contributed by atoms with van der Waals surface area (Å²) in [6, 6.07) is 0. The van der Waals surface area contributed by atoms with Crippen LogP contribution in [-0.2, 0) is 0 Å². The van der Waals surface area contributed by atoms with Gasteiger partial charge in [0.2, 0.25) is 0 Å². The quantitative estimate of drug-likeness (QED) is 0.570. The zero-order chi connectivity index (χ0) is 8.15. The van der Waals surface area contributed by atoms with Gasteiger partial charge in [-0.2, -0.15) is 0 Å². The first-order valence-electron chi connectivity index (χ1n) is 4.27. The van der Waals surface area contributed by atoms with Crippen molar-refractivity contribution in [2.45, 2.75) is 46.7 Å². The minimum absolute atomic E-state index is 0.269. The highest BCUT2D eigenvalue weighted by Gasteiger charge is 2.20. The van der Waals surface area contributed by atoms with Crippen LogP contribution in [-0.4, -0.2) is 6.17 Å². The molecule has 0 aliphatic carbocycles. The fourth-order valence-corrected chi connectivity index (χ4v) is 1.45. The third-order valence-electron chi connectivity index (χ3n) is 2.18. The smallest absolute Gasteiger partial charge is 0.103 e. The van der Waals surface area contributed by atoms with Crippen LogP contribution in [0.4, 0.5) is 4.39 Å². The molecule has 0 N–H and O–H groups in total. The molecule has 0 radical (unpaired) electrons. The van der Waals surface area contributed by atoms with E-state index in [1.807, 2.05) is 6.92 Å². The molecule has 10 heavy (non-hydrogen) atoms. The first kappa shape index (κ1) is 9.93. The summed E-state index contributed by atoms with van der Waals surface area (Å²) in [6.07, 6.45) is 1.04. The summed E-state index contributed by atoms with van der Waals surface area (Å²) in [5, 5.41) is 0. The molecule has 2 unspecified atom stereocenters. The second-order valence-corrected chi connectivity index (χ2v) is 3.24. The third kappa shape index (κ3) is 2.68. The highest BCUT2D eigenvalue weighted by Crippen LogP contribution is 2.23. The van der Waals surface area contributed by atoms with Gasteiger partial charge in [-0.1, -0.05) is 34.1 Å². The van der Waals surface area contributed by atoms with Gasteiger partial charge in [-0.05, 0) is 18.3 Å². The molecule has 0 aromatic rings. The lowest BCUT2D eigenvalue weighted by Crippen LogP contribution is -2.19. The molecule has 0 aromatic carbocycles. The number of hydrogen-bond acceptors (Lipinski definition) is 0. The van der Waals surface area contributed by atoms with Gasteiger partial charge in [-0.25, -0.2) is 4.39 Å². The van der Waals surface area contributed by atoms with Gasteiger partial charge in [0.25, 0.3) is 0 Å². The van der Waals surface area contributed by atoms with Crippen LogP contribution in [0.25, 0.3) is 0 Å². The van der Waals surface area contributed by atoms with E-state index in [4.69, 9.17) is 0 Å². The van der Waals surface area contributed by atoms with Crippen LogP contribution >= 0.6 is 0 Å². The summed E-state index contributed by atoms with van der Waals surface area (Å²) in [6.45, 7) is 8.16. The molecule has 0 fully saturated rings. The van der Waals surface area contributed by atoms with Crippen molar-refractivity contribution < 1.29 is 4.39 Å². The Balaban J connectivity index is 3.80. The normalized spacial score (nSPS) is 17.4. The molecule has 0 rings (SSSR count). The highest BCUT2D eigenvalue weighted by molar-refractivity contribution is 4.69. The Hall–Kier alpha value is -0.0700. The van der Waals surface area contributed by atoms with Crippen LogP contribution in [0.15, 0.2) is 0 Å². The van der Waals surface area contributed by atoms with E-state index >= 15 is 0 Å². The molecular formula is C9H19F. The molecule has 0 aliphatic rings. The molecule has 0 saturated heterocycles. The first-order chi connectivity index (χ1) is 4.63. The monoisotopic (exact) mass is 146 g/mol. The van der Waals surface area contributed by atoms with Crippen molar-refractivity contribution in [2.24, 2.45) is 11.8 Å². The van der Waals surface area contributed by atoms with Crippen molar-refractivity contribution in [1.82, 2.24) is 0 Å². The van der Waals surface area contributed by atoms with Crippen molar-refractivity contribution in [1.29, 1.82) is 0 Å². The largest absolute Gasteiger partial charge is 0.247 e. The Kier molecular flexibility index (Phi) is 4.67. The van der Waals surface area contributed by atoms with Gasteiger partial charge in [-0.3, -0.25) is 0 Å². The van der Waals surface area contributed by atoms with Crippen molar-refractivity contribution >= 4 is 0 Å². The summed E-state index contributed by atoms with van der Waals surface area (Å²) < 4.78 is 13.0. The molecule has 0 aromatic heterocycles. The van der Waals surface area contributed by atoms with Crippen LogP contribution in [0.2, 0.25) is 0 Å². The number of hydrogen-bond donors (Lipinski definition) is 0. The van der Waals surface area contributed by atoms with Crippen LogP contribution in [0.3, 0.4) is 0 Å². The Morgan fingerprint density at radius 3 is 1.70 bits per heavy atom. The molecule has 0 bridgehead atoms. The molecule has 0 nitrogen and oxygen atoms in total. The molecule has 0 amide bonds. The van der Waals surface area contributed by atoms with Gasteiger partial charge >= 0.3 is 0 Å². The molecule has 0 aliphatic heterocycles. The van der Waals surface area contributed by atoms with Crippen molar-refractivity contribution in [3.8, 4) is 0 Å². The van der Waals surface area contributed by atoms with Crippen molar-refractivity contribution in [3.63, 3.8) is 0 Å². The van der Waals surface area contributed by atoms with E-state index in [2.05, 4.69) is 20.8 Å². The lowest BCUT2D eigenvalue weighted by Gasteiger charge is -2.21. The zero-order valence-electron chi connectivity index (χ0n) is 7.52. The highest BCUT2D eigenvalue weighted by atomic mass is 19.1. The van der Waals surface area contributed by atoms with E-state index in [0.717, 1.165) is 6.42 Å². The standard InChI is InChI=1S/C9H19F/c1-5-8(7(3)4)9(10)6-2/h7-9H,5-6H2,1-4H3. The van der Waals surface area contributed by atoms with E-state index in [1.54, 1.807) is 0 Å². The summed E-state index contributed by atoms with van der Waals surface area (Å²) in [5.41, 5.74) is 0. The molecule has 0 saturated carbocycles. The van der Waals surface area contributed by atoms with E-state index in [0.29, 0.717) is 12.3 Å². The topological polar surface area (TPSA) is 0 Å². The van der Waals surface area contributed by atoms with Crippen molar-refractivity contribution in [2.75, 3.05) is 0 Å². The Morgan fingerprint density at radius 1 is 1.10 bits per heavy atom. The lowest BCUT2D eigenvalue weighted by molar-refractivity contribution is 0.170. The van der Waals surface area contributed by atoms with E-state index in [9.17, 15) is 4.39 Å². The maximum absolute atomic E-state index is 13.0. The maximum atomic E-state index is 13.0. The number of rotatable bonds is 4. The zero-order valence-corrected chi connectivity index (χ0v) is 7.52. The third-order valence-corrected chi connectivity index (χ3v) is 2.18. The number of alkyl halides is 1. The summed E-state index contributed by atoms with van der Waals surface area (Å²) in [4.78, 5) is 0. The van der Waals surface area contributed by atoms with Gasteiger partial charge in [0.1, 0.15) is 6.17 Å². The van der Waals surface area contributed by atoms with Crippen LogP contribution in [0.1, 0.15) is 40.5 Å². The second kappa shape index (κ2) is 4.70. The van der Waals surface area contributed by atoms with E-state index in [1.165, 1.54) is 0 Å². The van der Waals surface area contributed by atoms with Crippen LogP contribution in [0, 0.1) is 11.8 Å². The van der Waals surface area contributed by atoms with Gasteiger partial charge in [0.15, 0.2) is 0 Å². The molecule has 0 spiro atoms. The first-order valence-corrected chi connectivity index (χ1v) is 4.27. The van der Waals surface area contributed by atoms with Gasteiger partial charge < -0.3 is 0 Å². The molecular weight excluding hydrogens is 127 g/mol. The minimum Gasteiger partial charge on any atom is -0.247 e. The van der Waals surface area contributed by atoms with Gasteiger partial charge in [-0.15, -0.1) is 0 Å². The van der Waals surface area contributed by atoms with Crippen LogP contribution in [0.5, 0.6) is 0 Å². The number of halogens is 1. The molecule has 1 heteroatoms.